The predicted octanol–water partition coefficient (Wildman–Crippen LogP) is 0.817. The maximum Gasteiger partial charge on any atom is 0.235 e. The van der Waals surface area contributed by atoms with Crippen LogP contribution >= 0.6 is 0 Å². The number of isocyanates is 1. The molecule has 1 atom stereocenters. The normalized spacial score (nSPS) is 12.2. The van der Waals surface area contributed by atoms with E-state index >= 15 is 0 Å². The van der Waals surface area contributed by atoms with Gasteiger partial charge in [-0.05, 0) is 6.92 Å². The van der Waals surface area contributed by atoms with E-state index in [1.54, 1.807) is 13.3 Å². The quantitative estimate of drug-likeness (QED) is 0.464. The number of rotatable bonds is 2. The van der Waals surface area contributed by atoms with Crippen LogP contribution in [0.1, 0.15) is 18.7 Å². The van der Waals surface area contributed by atoms with Crippen molar-refractivity contribution in [3.63, 3.8) is 0 Å². The molecule has 0 aliphatic carbocycles. The van der Waals surface area contributed by atoms with Gasteiger partial charge in [0.1, 0.15) is 6.04 Å². The van der Waals surface area contributed by atoms with Crippen molar-refractivity contribution in [1.29, 1.82) is 0 Å². The summed E-state index contributed by atoms with van der Waals surface area (Å²) in [5.74, 6) is 0. The number of aromatic nitrogens is 2. The lowest BCUT2D eigenvalue weighted by molar-refractivity contribution is 0.559. The molecule has 1 aromatic rings. The monoisotopic (exact) mass is 151 g/mol. The molecule has 0 bridgehead atoms. The summed E-state index contributed by atoms with van der Waals surface area (Å²) in [6, 6.07) is -0.186. The van der Waals surface area contributed by atoms with Crippen LogP contribution in [0.15, 0.2) is 17.5 Å². The molecule has 0 spiro atoms. The van der Waals surface area contributed by atoms with E-state index in [2.05, 4.69) is 9.98 Å². The zero-order valence-electron chi connectivity index (χ0n) is 6.48. The molecule has 4 nitrogen and oxygen atoms in total. The summed E-state index contributed by atoms with van der Waals surface area (Å²) in [5.41, 5.74) is 0.788. The number of aryl methyl sites for hydroxylation is 1. The van der Waals surface area contributed by atoms with Gasteiger partial charge in [-0.2, -0.15) is 4.99 Å². The molecule has 1 heterocycles. The van der Waals surface area contributed by atoms with Gasteiger partial charge in [0.25, 0.3) is 0 Å². The molecule has 58 valence electrons. The van der Waals surface area contributed by atoms with E-state index in [1.165, 1.54) is 6.08 Å². The van der Waals surface area contributed by atoms with Crippen molar-refractivity contribution in [2.75, 3.05) is 0 Å². The summed E-state index contributed by atoms with van der Waals surface area (Å²) >= 11 is 0. The van der Waals surface area contributed by atoms with E-state index in [0.717, 1.165) is 5.69 Å². The van der Waals surface area contributed by atoms with E-state index < -0.39 is 0 Å². The van der Waals surface area contributed by atoms with Crippen molar-refractivity contribution in [1.82, 2.24) is 9.55 Å². The highest BCUT2D eigenvalue weighted by atomic mass is 16.1. The molecule has 0 aromatic carbocycles. The molecule has 0 aliphatic heterocycles. The van der Waals surface area contributed by atoms with Crippen molar-refractivity contribution in [2.24, 2.45) is 12.0 Å². The molecule has 0 aliphatic rings. The Balaban J connectivity index is 2.84. The van der Waals surface area contributed by atoms with Crippen LogP contribution in [0.3, 0.4) is 0 Å². The second-order valence-corrected chi connectivity index (χ2v) is 2.36. The number of carbonyl (C=O) groups excluding carboxylic acids is 1. The molecular formula is C7H9N3O. The summed E-state index contributed by atoms with van der Waals surface area (Å²) < 4.78 is 1.81. The van der Waals surface area contributed by atoms with Crippen molar-refractivity contribution in [2.45, 2.75) is 13.0 Å². The van der Waals surface area contributed by atoms with E-state index in [9.17, 15) is 4.79 Å². The highest BCUT2D eigenvalue weighted by molar-refractivity contribution is 5.34. The van der Waals surface area contributed by atoms with E-state index in [-0.39, 0.29) is 6.04 Å². The summed E-state index contributed by atoms with van der Waals surface area (Å²) in [6.07, 6.45) is 5.00. The van der Waals surface area contributed by atoms with Crippen LogP contribution < -0.4 is 0 Å². The van der Waals surface area contributed by atoms with Crippen LogP contribution in [-0.4, -0.2) is 15.6 Å². The summed E-state index contributed by atoms with van der Waals surface area (Å²) in [7, 11) is 1.87. The fraction of sp³-hybridized carbons (Fsp3) is 0.429. The third-order valence-corrected chi connectivity index (χ3v) is 1.40. The average molecular weight is 151 g/mol. The number of nitrogens with zero attached hydrogens (tertiary/aromatic N) is 3. The predicted molar refractivity (Wildman–Crippen MR) is 39.7 cm³/mol. The Labute approximate surface area is 64.6 Å². The van der Waals surface area contributed by atoms with Gasteiger partial charge in [0.15, 0.2) is 0 Å². The zero-order chi connectivity index (χ0) is 8.27. The lowest BCUT2D eigenvalue weighted by Crippen LogP contribution is -1.88. The highest BCUT2D eigenvalue weighted by Gasteiger charge is 2.04. The number of imidazole rings is 1. The minimum atomic E-state index is -0.186. The van der Waals surface area contributed by atoms with Crippen LogP contribution in [0.5, 0.6) is 0 Å². The van der Waals surface area contributed by atoms with Crippen molar-refractivity contribution < 1.29 is 4.79 Å². The first-order valence-electron chi connectivity index (χ1n) is 3.29. The van der Waals surface area contributed by atoms with Gasteiger partial charge in [0, 0.05) is 13.2 Å². The lowest BCUT2D eigenvalue weighted by Gasteiger charge is -1.95. The average Bonchev–Trinajstić information content (AvgIpc) is 2.36. The second kappa shape index (κ2) is 3.12. The molecular weight excluding hydrogens is 142 g/mol. The highest BCUT2D eigenvalue weighted by Crippen LogP contribution is 2.11. The third kappa shape index (κ3) is 1.75. The number of hydrogen-bond acceptors (Lipinski definition) is 3. The van der Waals surface area contributed by atoms with Gasteiger partial charge >= 0.3 is 0 Å². The molecule has 0 amide bonds. The lowest BCUT2D eigenvalue weighted by atomic mass is 10.3. The van der Waals surface area contributed by atoms with Gasteiger partial charge in [-0.15, -0.1) is 0 Å². The third-order valence-electron chi connectivity index (χ3n) is 1.40. The summed E-state index contributed by atoms with van der Waals surface area (Å²) in [5, 5.41) is 0. The minimum absolute atomic E-state index is 0.186. The number of hydrogen-bond donors (Lipinski definition) is 0. The first-order chi connectivity index (χ1) is 5.24. The standard InChI is InChI=1S/C7H9N3O/c1-6(9-5-11)7-3-10(2)4-8-7/h3-4,6H,1-2H3. The van der Waals surface area contributed by atoms with Crippen LogP contribution in [0.4, 0.5) is 0 Å². The molecule has 0 N–H and O–H groups in total. The maximum absolute atomic E-state index is 9.87. The Bertz CT molecular complexity index is 286. The molecule has 1 unspecified atom stereocenters. The second-order valence-electron chi connectivity index (χ2n) is 2.36. The first-order valence-corrected chi connectivity index (χ1v) is 3.29. The Hall–Kier alpha value is -1.41. The maximum atomic E-state index is 9.87. The number of aliphatic imine (C=N–C) groups is 1. The van der Waals surface area contributed by atoms with E-state index in [4.69, 9.17) is 0 Å². The molecule has 1 rings (SSSR count). The van der Waals surface area contributed by atoms with E-state index in [1.807, 2.05) is 17.8 Å². The van der Waals surface area contributed by atoms with Crippen LogP contribution in [0.2, 0.25) is 0 Å². The van der Waals surface area contributed by atoms with Gasteiger partial charge < -0.3 is 4.57 Å². The molecule has 1 aromatic heterocycles. The van der Waals surface area contributed by atoms with Crippen molar-refractivity contribution in [3.8, 4) is 0 Å². The largest absolute Gasteiger partial charge is 0.340 e. The molecule has 0 saturated carbocycles. The topological polar surface area (TPSA) is 47.2 Å². The SMILES string of the molecule is CC(N=C=O)c1cn(C)cn1. The fourth-order valence-electron chi connectivity index (χ4n) is 0.794. The Kier molecular flexibility index (Phi) is 2.18. The summed E-state index contributed by atoms with van der Waals surface area (Å²) in [6.45, 7) is 1.80. The Morgan fingerprint density at radius 1 is 1.82 bits per heavy atom. The first kappa shape index (κ1) is 7.69. The van der Waals surface area contributed by atoms with Crippen LogP contribution in [0, 0.1) is 0 Å². The fourth-order valence-corrected chi connectivity index (χ4v) is 0.794. The van der Waals surface area contributed by atoms with Crippen molar-refractivity contribution >= 4 is 6.08 Å². The molecule has 11 heavy (non-hydrogen) atoms. The van der Waals surface area contributed by atoms with Crippen LogP contribution in [-0.2, 0) is 11.8 Å². The van der Waals surface area contributed by atoms with E-state index in [0.29, 0.717) is 0 Å². The summed E-state index contributed by atoms with van der Waals surface area (Å²) in [4.78, 5) is 17.4. The Morgan fingerprint density at radius 2 is 2.55 bits per heavy atom. The van der Waals surface area contributed by atoms with Gasteiger partial charge in [0.2, 0.25) is 6.08 Å². The smallest absolute Gasteiger partial charge is 0.235 e. The molecule has 0 fully saturated rings. The zero-order valence-corrected chi connectivity index (χ0v) is 6.48. The van der Waals surface area contributed by atoms with Crippen LogP contribution in [0.25, 0.3) is 0 Å². The van der Waals surface area contributed by atoms with Gasteiger partial charge in [0.05, 0.1) is 12.0 Å². The molecule has 4 heteroatoms. The molecule has 0 saturated heterocycles. The van der Waals surface area contributed by atoms with Gasteiger partial charge in [-0.3, -0.25) is 0 Å². The molecule has 0 radical (unpaired) electrons. The van der Waals surface area contributed by atoms with Gasteiger partial charge in [-0.1, -0.05) is 0 Å². The Morgan fingerprint density at radius 3 is 3.00 bits per heavy atom. The van der Waals surface area contributed by atoms with Crippen molar-refractivity contribution in [3.05, 3.63) is 18.2 Å². The minimum Gasteiger partial charge on any atom is -0.340 e. The van der Waals surface area contributed by atoms with Gasteiger partial charge in [-0.25, -0.2) is 9.78 Å².